The van der Waals surface area contributed by atoms with Gasteiger partial charge >= 0.3 is 6.09 Å². The minimum atomic E-state index is -0.558. The second kappa shape index (κ2) is 10.1. The summed E-state index contributed by atoms with van der Waals surface area (Å²) in [6.07, 6.45) is 1.90. The lowest BCUT2D eigenvalue weighted by Crippen LogP contribution is -2.45. The van der Waals surface area contributed by atoms with Crippen LogP contribution < -0.4 is 10.1 Å². The number of amides is 1. The van der Waals surface area contributed by atoms with E-state index in [9.17, 15) is 9.18 Å². The van der Waals surface area contributed by atoms with Gasteiger partial charge in [-0.3, -0.25) is 0 Å². The van der Waals surface area contributed by atoms with E-state index in [4.69, 9.17) is 9.47 Å². The third-order valence-electron chi connectivity index (χ3n) is 4.09. The number of hydrogen-bond acceptors (Lipinski definition) is 4. The van der Waals surface area contributed by atoms with E-state index in [0.29, 0.717) is 12.3 Å². The Hall–Kier alpha value is -2.15. The van der Waals surface area contributed by atoms with E-state index in [2.05, 4.69) is 26.2 Å². The average Bonchev–Trinajstić information content (AvgIpc) is 2.60. The van der Waals surface area contributed by atoms with E-state index >= 15 is 0 Å². The van der Waals surface area contributed by atoms with Gasteiger partial charge in [-0.2, -0.15) is 0 Å². The number of pyridine rings is 1. The maximum absolute atomic E-state index is 13.0. The van der Waals surface area contributed by atoms with Crippen molar-refractivity contribution in [2.75, 3.05) is 6.61 Å². The molecular weight excluding hydrogens is 439 g/mol. The number of aromatic nitrogens is 1. The van der Waals surface area contributed by atoms with Crippen molar-refractivity contribution in [3.05, 3.63) is 57.9 Å². The third kappa shape index (κ3) is 8.01. The number of hydrogen-bond donors (Lipinski definition) is 1. The molecule has 1 aromatic heterocycles. The second-order valence-corrected chi connectivity index (χ2v) is 9.10. The third-order valence-corrected chi connectivity index (χ3v) is 4.66. The van der Waals surface area contributed by atoms with Gasteiger partial charge in [0, 0.05) is 6.20 Å². The Balaban J connectivity index is 1.97. The highest BCUT2D eigenvalue weighted by atomic mass is 79.9. The summed E-state index contributed by atoms with van der Waals surface area (Å²) in [5, 5.41) is 2.85. The standard InChI is InChI=1S/C22H28BrFN2O3/c1-14(2)19(26-21(27)29-22(3,4)5)13-28-20-18(23)11-16(12-25-20)10-15-6-8-17(24)9-7-15/h6-9,11-12,14,19H,10,13H2,1-5H3,(H,26,27)/t19-/m1/s1. The molecule has 29 heavy (non-hydrogen) atoms. The largest absolute Gasteiger partial charge is 0.475 e. The Morgan fingerprint density at radius 1 is 1.21 bits per heavy atom. The predicted molar refractivity (Wildman–Crippen MR) is 115 cm³/mol. The van der Waals surface area contributed by atoms with Crippen LogP contribution in [-0.2, 0) is 11.2 Å². The van der Waals surface area contributed by atoms with Gasteiger partial charge in [0.15, 0.2) is 0 Å². The van der Waals surface area contributed by atoms with Gasteiger partial charge in [0.2, 0.25) is 5.88 Å². The normalized spacial score (nSPS) is 12.6. The molecule has 1 aromatic carbocycles. The summed E-state index contributed by atoms with van der Waals surface area (Å²) in [6.45, 7) is 9.73. The van der Waals surface area contributed by atoms with Crippen LogP contribution >= 0.6 is 15.9 Å². The molecule has 0 aliphatic carbocycles. The maximum Gasteiger partial charge on any atom is 0.407 e. The summed E-state index contributed by atoms with van der Waals surface area (Å²) in [7, 11) is 0. The van der Waals surface area contributed by atoms with Crippen molar-refractivity contribution in [2.45, 2.75) is 52.7 Å². The van der Waals surface area contributed by atoms with Gasteiger partial charge in [-0.1, -0.05) is 26.0 Å². The molecule has 0 saturated heterocycles. The molecule has 2 aromatic rings. The Morgan fingerprint density at radius 2 is 1.86 bits per heavy atom. The maximum atomic E-state index is 13.0. The Morgan fingerprint density at radius 3 is 2.41 bits per heavy atom. The van der Waals surface area contributed by atoms with Crippen LogP contribution in [0.3, 0.4) is 0 Å². The van der Waals surface area contributed by atoms with Crippen molar-refractivity contribution >= 4 is 22.0 Å². The predicted octanol–water partition coefficient (Wildman–Crippen LogP) is 5.50. The molecule has 5 nitrogen and oxygen atoms in total. The highest BCUT2D eigenvalue weighted by molar-refractivity contribution is 9.10. The molecule has 0 radical (unpaired) electrons. The molecule has 0 spiro atoms. The number of rotatable bonds is 7. The number of carbonyl (C=O) groups is 1. The van der Waals surface area contributed by atoms with Gasteiger partial charge in [0.05, 0.1) is 10.5 Å². The van der Waals surface area contributed by atoms with Crippen molar-refractivity contribution in [3.63, 3.8) is 0 Å². The van der Waals surface area contributed by atoms with Crippen molar-refractivity contribution in [1.29, 1.82) is 0 Å². The van der Waals surface area contributed by atoms with E-state index in [0.717, 1.165) is 15.6 Å². The minimum absolute atomic E-state index is 0.152. The number of nitrogens with one attached hydrogen (secondary N) is 1. The number of alkyl carbamates (subject to hydrolysis) is 1. The van der Waals surface area contributed by atoms with Gasteiger partial charge in [-0.25, -0.2) is 14.2 Å². The van der Waals surface area contributed by atoms with Crippen LogP contribution in [0.15, 0.2) is 41.0 Å². The van der Waals surface area contributed by atoms with Gasteiger partial charge in [-0.05, 0) is 78.4 Å². The topological polar surface area (TPSA) is 60.5 Å². The molecular formula is C22H28BrFN2O3. The SMILES string of the molecule is CC(C)[C@@H](COc1ncc(Cc2ccc(F)cc2)cc1Br)NC(=O)OC(C)(C)C. The quantitative estimate of drug-likeness (QED) is 0.584. The molecule has 1 heterocycles. The minimum Gasteiger partial charge on any atom is -0.475 e. The molecule has 0 bridgehead atoms. The molecule has 1 N–H and O–H groups in total. The van der Waals surface area contributed by atoms with Crippen LogP contribution in [0.1, 0.15) is 45.7 Å². The van der Waals surface area contributed by atoms with E-state index in [1.807, 2.05) is 40.7 Å². The Labute approximate surface area is 180 Å². The molecule has 0 aliphatic rings. The van der Waals surface area contributed by atoms with E-state index < -0.39 is 11.7 Å². The molecule has 158 valence electrons. The van der Waals surface area contributed by atoms with Gasteiger partial charge in [0.1, 0.15) is 18.0 Å². The molecule has 7 heteroatoms. The fourth-order valence-electron chi connectivity index (χ4n) is 2.53. The van der Waals surface area contributed by atoms with Crippen LogP contribution in [0.2, 0.25) is 0 Å². The fraction of sp³-hybridized carbons (Fsp3) is 0.455. The summed E-state index contributed by atoms with van der Waals surface area (Å²) in [5.41, 5.74) is 1.41. The smallest absolute Gasteiger partial charge is 0.407 e. The number of ether oxygens (including phenoxy) is 2. The Kier molecular flexibility index (Phi) is 8.02. The molecule has 0 aliphatic heterocycles. The number of halogens is 2. The number of nitrogens with zero attached hydrogens (tertiary/aromatic N) is 1. The second-order valence-electron chi connectivity index (χ2n) is 8.24. The van der Waals surface area contributed by atoms with Crippen LogP contribution in [0, 0.1) is 11.7 Å². The highest BCUT2D eigenvalue weighted by Crippen LogP contribution is 2.25. The molecule has 1 atom stereocenters. The number of carbonyl (C=O) groups excluding carboxylic acids is 1. The van der Waals surface area contributed by atoms with E-state index in [1.165, 1.54) is 12.1 Å². The Bertz CT molecular complexity index is 820. The molecule has 0 unspecified atom stereocenters. The lowest BCUT2D eigenvalue weighted by Gasteiger charge is -2.25. The lowest BCUT2D eigenvalue weighted by molar-refractivity contribution is 0.0467. The summed E-state index contributed by atoms with van der Waals surface area (Å²) >= 11 is 3.49. The monoisotopic (exact) mass is 466 g/mol. The van der Waals surface area contributed by atoms with Crippen LogP contribution in [-0.4, -0.2) is 29.3 Å². The summed E-state index contributed by atoms with van der Waals surface area (Å²) in [4.78, 5) is 16.4. The summed E-state index contributed by atoms with van der Waals surface area (Å²) in [5.74, 6) is 0.347. The summed E-state index contributed by atoms with van der Waals surface area (Å²) < 4.78 is 24.9. The van der Waals surface area contributed by atoms with Crippen LogP contribution in [0.25, 0.3) is 0 Å². The zero-order chi connectivity index (χ0) is 21.6. The lowest BCUT2D eigenvalue weighted by atomic mass is 10.1. The van der Waals surface area contributed by atoms with Crippen molar-refractivity contribution < 1.29 is 18.7 Å². The zero-order valence-electron chi connectivity index (χ0n) is 17.5. The van der Waals surface area contributed by atoms with Crippen LogP contribution in [0.4, 0.5) is 9.18 Å². The van der Waals surface area contributed by atoms with E-state index in [1.54, 1.807) is 18.3 Å². The van der Waals surface area contributed by atoms with Gasteiger partial charge in [-0.15, -0.1) is 0 Å². The van der Waals surface area contributed by atoms with E-state index in [-0.39, 0.29) is 24.4 Å². The zero-order valence-corrected chi connectivity index (χ0v) is 19.0. The number of benzene rings is 1. The molecule has 1 amide bonds. The molecule has 0 fully saturated rings. The fourth-order valence-corrected chi connectivity index (χ4v) is 3.05. The molecule has 2 rings (SSSR count). The van der Waals surface area contributed by atoms with Gasteiger partial charge in [0.25, 0.3) is 0 Å². The first kappa shape index (κ1) is 23.1. The first-order valence-corrected chi connectivity index (χ1v) is 10.3. The summed E-state index contributed by atoms with van der Waals surface area (Å²) in [6, 6.07) is 8.10. The average molecular weight is 467 g/mol. The van der Waals surface area contributed by atoms with Crippen molar-refractivity contribution in [1.82, 2.24) is 10.3 Å². The van der Waals surface area contributed by atoms with Crippen LogP contribution in [0.5, 0.6) is 5.88 Å². The molecule has 0 saturated carbocycles. The first-order valence-electron chi connectivity index (χ1n) is 9.54. The van der Waals surface area contributed by atoms with Gasteiger partial charge < -0.3 is 14.8 Å². The van der Waals surface area contributed by atoms with Crippen molar-refractivity contribution in [2.24, 2.45) is 5.92 Å². The highest BCUT2D eigenvalue weighted by Gasteiger charge is 2.22. The first-order chi connectivity index (χ1) is 13.5. The van der Waals surface area contributed by atoms with Crippen molar-refractivity contribution in [3.8, 4) is 5.88 Å².